The molecule has 0 spiro atoms. The second-order valence-corrected chi connectivity index (χ2v) is 7.45. The van der Waals surface area contributed by atoms with E-state index in [0.717, 1.165) is 24.1 Å². The van der Waals surface area contributed by atoms with Crippen LogP contribution in [0, 0.1) is 6.92 Å². The zero-order valence-corrected chi connectivity index (χ0v) is 16.4. The Labute approximate surface area is 164 Å². The fourth-order valence-electron chi connectivity index (χ4n) is 4.34. The van der Waals surface area contributed by atoms with Crippen molar-refractivity contribution in [1.29, 1.82) is 0 Å². The molecule has 2 amide bonds. The number of amides is 2. The third-order valence-electron chi connectivity index (χ3n) is 5.75. The fourth-order valence-corrected chi connectivity index (χ4v) is 4.34. The van der Waals surface area contributed by atoms with Crippen LogP contribution in [0.25, 0.3) is 0 Å². The highest BCUT2D eigenvalue weighted by atomic mass is 16.5. The first-order chi connectivity index (χ1) is 13.5. The maximum Gasteiger partial charge on any atom is 0.272 e. The van der Waals surface area contributed by atoms with Gasteiger partial charge in [0.2, 0.25) is 0 Å². The number of nitrogens with zero attached hydrogens (tertiary/aromatic N) is 5. The van der Waals surface area contributed by atoms with Crippen LogP contribution < -0.4 is 0 Å². The van der Waals surface area contributed by atoms with Crippen molar-refractivity contribution in [1.82, 2.24) is 24.6 Å². The fraction of sp³-hybridized carbons (Fsp3) is 0.500. The second kappa shape index (κ2) is 7.35. The summed E-state index contributed by atoms with van der Waals surface area (Å²) in [5, 5.41) is 4.26. The highest BCUT2D eigenvalue weighted by Crippen LogP contribution is 2.40. The molecule has 2 fully saturated rings. The minimum Gasteiger partial charge on any atom is -0.369 e. The molecule has 0 saturated carbocycles. The molecule has 2 aliphatic heterocycles. The van der Waals surface area contributed by atoms with Crippen molar-refractivity contribution in [2.45, 2.75) is 38.0 Å². The summed E-state index contributed by atoms with van der Waals surface area (Å²) in [6, 6.07) is 5.69. The number of hydrogen-bond acceptors (Lipinski definition) is 5. The third kappa shape index (κ3) is 3.07. The van der Waals surface area contributed by atoms with Crippen molar-refractivity contribution in [3.63, 3.8) is 0 Å². The molecule has 0 N–H and O–H groups in total. The van der Waals surface area contributed by atoms with Gasteiger partial charge >= 0.3 is 0 Å². The van der Waals surface area contributed by atoms with Crippen molar-refractivity contribution in [3.05, 3.63) is 47.5 Å². The molecule has 0 aromatic carbocycles. The number of aryl methyl sites for hydroxylation is 2. The lowest BCUT2D eigenvalue weighted by Crippen LogP contribution is -2.64. The molecule has 4 rings (SSSR count). The Bertz CT molecular complexity index is 873. The number of rotatable bonds is 4. The quantitative estimate of drug-likeness (QED) is 0.744. The summed E-state index contributed by atoms with van der Waals surface area (Å²) < 4.78 is 7.06. The van der Waals surface area contributed by atoms with Gasteiger partial charge in [-0.2, -0.15) is 5.10 Å². The molecule has 2 atom stereocenters. The normalized spacial score (nSPS) is 23.0. The SMILES string of the molecule is CO[C@H]1C(=O)N(C2CCN(C(=O)c3cc(C)nn3C)CC2)[C@H]1c1ccncc1. The van der Waals surface area contributed by atoms with Gasteiger partial charge in [0.05, 0.1) is 11.7 Å². The number of ether oxygens (including phenoxy) is 1. The molecule has 0 unspecified atom stereocenters. The van der Waals surface area contributed by atoms with E-state index in [1.54, 1.807) is 31.2 Å². The Balaban J connectivity index is 1.45. The van der Waals surface area contributed by atoms with Crippen LogP contribution in [0.5, 0.6) is 0 Å². The van der Waals surface area contributed by atoms with E-state index in [-0.39, 0.29) is 23.9 Å². The van der Waals surface area contributed by atoms with Crippen LogP contribution in [0.15, 0.2) is 30.6 Å². The average molecular weight is 383 g/mol. The zero-order chi connectivity index (χ0) is 19.8. The van der Waals surface area contributed by atoms with Crippen molar-refractivity contribution in [2.75, 3.05) is 20.2 Å². The largest absolute Gasteiger partial charge is 0.369 e. The lowest BCUT2D eigenvalue weighted by Gasteiger charge is -2.52. The van der Waals surface area contributed by atoms with Gasteiger partial charge in [0.15, 0.2) is 6.10 Å². The van der Waals surface area contributed by atoms with Crippen LogP contribution in [-0.4, -0.2) is 68.7 Å². The average Bonchev–Trinajstić information content (AvgIpc) is 3.05. The van der Waals surface area contributed by atoms with Crippen molar-refractivity contribution in [2.24, 2.45) is 7.05 Å². The molecule has 8 nitrogen and oxygen atoms in total. The first-order valence-electron chi connectivity index (χ1n) is 9.56. The van der Waals surface area contributed by atoms with Crippen LogP contribution in [0.2, 0.25) is 0 Å². The van der Waals surface area contributed by atoms with Gasteiger partial charge in [-0.1, -0.05) is 0 Å². The number of piperidine rings is 1. The lowest BCUT2D eigenvalue weighted by molar-refractivity contribution is -0.178. The predicted molar refractivity (Wildman–Crippen MR) is 101 cm³/mol. The van der Waals surface area contributed by atoms with Crippen LogP contribution in [-0.2, 0) is 16.6 Å². The molecule has 8 heteroatoms. The summed E-state index contributed by atoms with van der Waals surface area (Å²) in [5.41, 5.74) is 2.47. The molecule has 2 aromatic rings. The van der Waals surface area contributed by atoms with E-state index in [9.17, 15) is 9.59 Å². The number of likely N-dealkylation sites (tertiary alicyclic amines) is 2. The molecule has 28 heavy (non-hydrogen) atoms. The van der Waals surface area contributed by atoms with E-state index in [1.165, 1.54) is 0 Å². The molecular weight excluding hydrogens is 358 g/mol. The summed E-state index contributed by atoms with van der Waals surface area (Å²) in [4.78, 5) is 33.3. The van der Waals surface area contributed by atoms with Gasteiger partial charge in [-0.3, -0.25) is 19.3 Å². The number of aromatic nitrogens is 3. The van der Waals surface area contributed by atoms with Crippen molar-refractivity contribution in [3.8, 4) is 0 Å². The summed E-state index contributed by atoms with van der Waals surface area (Å²) in [7, 11) is 3.36. The molecule has 2 aromatic heterocycles. The Morgan fingerprint density at radius 1 is 1.21 bits per heavy atom. The lowest BCUT2D eigenvalue weighted by atomic mass is 9.86. The second-order valence-electron chi connectivity index (χ2n) is 7.45. The summed E-state index contributed by atoms with van der Waals surface area (Å²) in [5.74, 6) is 0.0216. The molecule has 0 bridgehead atoms. The summed E-state index contributed by atoms with van der Waals surface area (Å²) in [6.07, 6.45) is 4.54. The summed E-state index contributed by atoms with van der Waals surface area (Å²) in [6.45, 7) is 3.13. The van der Waals surface area contributed by atoms with Crippen LogP contribution >= 0.6 is 0 Å². The van der Waals surface area contributed by atoms with E-state index in [2.05, 4.69) is 10.1 Å². The first-order valence-corrected chi connectivity index (χ1v) is 9.56. The van der Waals surface area contributed by atoms with Gasteiger partial charge in [0.25, 0.3) is 11.8 Å². The molecule has 2 saturated heterocycles. The molecular formula is C20H25N5O3. The maximum atomic E-state index is 12.8. The van der Waals surface area contributed by atoms with Gasteiger partial charge in [0.1, 0.15) is 5.69 Å². The third-order valence-corrected chi connectivity index (χ3v) is 5.75. The molecule has 2 aliphatic rings. The first kappa shape index (κ1) is 18.6. The van der Waals surface area contributed by atoms with E-state index < -0.39 is 6.10 Å². The van der Waals surface area contributed by atoms with Gasteiger partial charge in [-0.25, -0.2) is 0 Å². The van der Waals surface area contributed by atoms with Crippen molar-refractivity contribution < 1.29 is 14.3 Å². The number of β-lactam (4-membered cyclic amide) rings is 1. The molecule has 4 heterocycles. The number of hydrogen-bond donors (Lipinski definition) is 0. The monoisotopic (exact) mass is 383 g/mol. The molecule has 0 aliphatic carbocycles. The Morgan fingerprint density at radius 3 is 2.46 bits per heavy atom. The van der Waals surface area contributed by atoms with Crippen LogP contribution in [0.1, 0.15) is 40.6 Å². The van der Waals surface area contributed by atoms with Crippen LogP contribution in [0.4, 0.5) is 0 Å². The maximum absolute atomic E-state index is 12.8. The van der Waals surface area contributed by atoms with E-state index in [1.807, 2.05) is 34.9 Å². The topological polar surface area (TPSA) is 80.6 Å². The number of carbonyl (C=O) groups excluding carboxylic acids is 2. The van der Waals surface area contributed by atoms with Crippen LogP contribution in [0.3, 0.4) is 0 Å². The number of pyridine rings is 1. The minimum atomic E-state index is -0.445. The smallest absolute Gasteiger partial charge is 0.272 e. The van der Waals surface area contributed by atoms with E-state index >= 15 is 0 Å². The zero-order valence-electron chi connectivity index (χ0n) is 16.4. The molecule has 0 radical (unpaired) electrons. The molecule has 148 valence electrons. The van der Waals surface area contributed by atoms with E-state index in [4.69, 9.17) is 4.74 Å². The number of methoxy groups -OCH3 is 1. The Hall–Kier alpha value is -2.74. The standard InChI is InChI=1S/C20H25N5O3/c1-13-12-16(23(2)22-13)19(26)24-10-6-15(7-11-24)25-17(18(28-3)20(25)27)14-4-8-21-9-5-14/h4-5,8-9,12,15,17-18H,6-7,10-11H2,1-3H3/t17-,18+/m0/s1. The Kier molecular flexibility index (Phi) is 4.89. The van der Waals surface area contributed by atoms with Gasteiger partial charge in [-0.05, 0) is 43.5 Å². The highest BCUT2D eigenvalue weighted by molar-refractivity contribution is 5.93. The van der Waals surface area contributed by atoms with Gasteiger partial charge in [-0.15, -0.1) is 0 Å². The predicted octanol–water partition coefficient (Wildman–Crippen LogP) is 1.33. The van der Waals surface area contributed by atoms with Gasteiger partial charge < -0.3 is 14.5 Å². The number of carbonyl (C=O) groups is 2. The van der Waals surface area contributed by atoms with E-state index in [0.29, 0.717) is 18.8 Å². The highest BCUT2D eigenvalue weighted by Gasteiger charge is 2.51. The van der Waals surface area contributed by atoms with Gasteiger partial charge in [0, 0.05) is 45.7 Å². The minimum absolute atomic E-state index is 0.00284. The summed E-state index contributed by atoms with van der Waals surface area (Å²) >= 11 is 0. The van der Waals surface area contributed by atoms with Crippen molar-refractivity contribution >= 4 is 11.8 Å². The Morgan fingerprint density at radius 2 is 1.89 bits per heavy atom.